The predicted octanol–water partition coefficient (Wildman–Crippen LogP) is 3.54. The van der Waals surface area contributed by atoms with Gasteiger partial charge in [0.25, 0.3) is 10.0 Å². The van der Waals surface area contributed by atoms with E-state index >= 15 is 0 Å². The predicted molar refractivity (Wildman–Crippen MR) is 113 cm³/mol. The molecule has 0 spiro atoms. The number of nitrogens with zero attached hydrogens (tertiary/aromatic N) is 2. The van der Waals surface area contributed by atoms with E-state index in [-0.39, 0.29) is 17.9 Å². The summed E-state index contributed by atoms with van der Waals surface area (Å²) in [6.07, 6.45) is 3.22. The standard InChI is InChI=1S/C21H21ClN2O4S/c1-28-20-12-18(13-23-14-20)24(29(26,27)21-5-3-2-4-6-21)19(15-25)11-16-7-9-17(22)10-8-16/h2-10,12-14,19,25H,11,15H2,1H3. The number of hydrogen-bond acceptors (Lipinski definition) is 5. The van der Waals surface area contributed by atoms with Gasteiger partial charge in [0.2, 0.25) is 0 Å². The summed E-state index contributed by atoms with van der Waals surface area (Å²) in [4.78, 5) is 4.21. The zero-order valence-electron chi connectivity index (χ0n) is 15.8. The molecule has 1 unspecified atom stereocenters. The minimum absolute atomic E-state index is 0.123. The molecule has 0 saturated heterocycles. The fourth-order valence-corrected chi connectivity index (χ4v) is 4.77. The van der Waals surface area contributed by atoms with Crippen LogP contribution in [0.25, 0.3) is 0 Å². The summed E-state index contributed by atoms with van der Waals surface area (Å²) >= 11 is 5.95. The van der Waals surface area contributed by atoms with Crippen molar-refractivity contribution in [2.24, 2.45) is 0 Å². The number of rotatable bonds is 8. The van der Waals surface area contributed by atoms with E-state index in [1.165, 1.54) is 35.9 Å². The number of hydrogen-bond donors (Lipinski definition) is 1. The fraction of sp³-hybridized carbons (Fsp3) is 0.190. The van der Waals surface area contributed by atoms with E-state index in [0.29, 0.717) is 16.5 Å². The highest BCUT2D eigenvalue weighted by atomic mass is 35.5. The Morgan fingerprint density at radius 1 is 1.10 bits per heavy atom. The van der Waals surface area contributed by atoms with E-state index in [9.17, 15) is 13.5 Å². The molecule has 29 heavy (non-hydrogen) atoms. The number of ether oxygens (including phenoxy) is 1. The lowest BCUT2D eigenvalue weighted by Crippen LogP contribution is -2.44. The molecule has 0 aliphatic heterocycles. The van der Waals surface area contributed by atoms with Crippen molar-refractivity contribution in [3.63, 3.8) is 0 Å². The van der Waals surface area contributed by atoms with E-state index in [1.807, 2.05) is 12.1 Å². The van der Waals surface area contributed by atoms with Crippen LogP contribution in [0.5, 0.6) is 5.75 Å². The summed E-state index contributed by atoms with van der Waals surface area (Å²) in [5, 5.41) is 10.7. The van der Waals surface area contributed by atoms with Crippen molar-refractivity contribution < 1.29 is 18.3 Å². The normalized spacial score (nSPS) is 12.4. The van der Waals surface area contributed by atoms with Crippen LogP contribution < -0.4 is 9.04 Å². The molecule has 0 saturated carbocycles. The first-order valence-corrected chi connectivity index (χ1v) is 10.7. The molecule has 0 radical (unpaired) electrons. The number of aliphatic hydroxyl groups is 1. The van der Waals surface area contributed by atoms with Crippen LogP contribution in [0.1, 0.15) is 5.56 Å². The Morgan fingerprint density at radius 2 is 1.79 bits per heavy atom. The van der Waals surface area contributed by atoms with Crippen molar-refractivity contribution in [3.05, 3.63) is 83.6 Å². The zero-order valence-corrected chi connectivity index (χ0v) is 17.3. The molecule has 1 N–H and O–H groups in total. The number of aliphatic hydroxyl groups excluding tert-OH is 1. The van der Waals surface area contributed by atoms with Crippen molar-refractivity contribution in [1.82, 2.24) is 4.98 Å². The van der Waals surface area contributed by atoms with Crippen LogP contribution in [0.15, 0.2) is 78.0 Å². The molecule has 152 valence electrons. The van der Waals surface area contributed by atoms with Gasteiger partial charge in [0.1, 0.15) is 5.75 Å². The molecule has 0 amide bonds. The zero-order chi connectivity index (χ0) is 20.9. The highest BCUT2D eigenvalue weighted by molar-refractivity contribution is 7.92. The Morgan fingerprint density at radius 3 is 2.41 bits per heavy atom. The second kappa shape index (κ2) is 9.26. The van der Waals surface area contributed by atoms with Gasteiger partial charge in [-0.1, -0.05) is 41.9 Å². The maximum Gasteiger partial charge on any atom is 0.264 e. The van der Waals surface area contributed by atoms with Gasteiger partial charge in [0.05, 0.1) is 42.7 Å². The Labute approximate surface area is 175 Å². The average molecular weight is 433 g/mol. The Bertz CT molecular complexity index is 1040. The summed E-state index contributed by atoms with van der Waals surface area (Å²) < 4.78 is 33.4. The molecule has 3 rings (SSSR count). The molecule has 0 aliphatic rings. The number of aromatic nitrogens is 1. The van der Waals surface area contributed by atoms with Gasteiger partial charge in [-0.05, 0) is 36.2 Å². The van der Waals surface area contributed by atoms with Crippen LogP contribution in [0.2, 0.25) is 5.02 Å². The van der Waals surface area contributed by atoms with Gasteiger partial charge in [-0.2, -0.15) is 0 Å². The molecule has 1 atom stereocenters. The Kier molecular flexibility index (Phi) is 6.74. The van der Waals surface area contributed by atoms with E-state index in [1.54, 1.807) is 36.4 Å². The van der Waals surface area contributed by atoms with Gasteiger partial charge < -0.3 is 9.84 Å². The van der Waals surface area contributed by atoms with Crippen LogP contribution >= 0.6 is 11.6 Å². The minimum Gasteiger partial charge on any atom is -0.495 e. The van der Waals surface area contributed by atoms with Gasteiger partial charge in [-0.15, -0.1) is 0 Å². The molecular weight excluding hydrogens is 412 g/mol. The first-order valence-electron chi connectivity index (χ1n) is 8.89. The van der Waals surface area contributed by atoms with Crippen LogP contribution in [0, 0.1) is 0 Å². The summed E-state index contributed by atoms with van der Waals surface area (Å²) in [5.74, 6) is 0.416. The first kappa shape index (κ1) is 21.1. The highest BCUT2D eigenvalue weighted by Gasteiger charge is 2.32. The second-order valence-electron chi connectivity index (χ2n) is 6.36. The number of pyridine rings is 1. The molecule has 0 aliphatic carbocycles. The number of halogens is 1. The lowest BCUT2D eigenvalue weighted by molar-refractivity contribution is 0.266. The van der Waals surface area contributed by atoms with E-state index in [4.69, 9.17) is 16.3 Å². The Balaban J connectivity index is 2.09. The summed E-state index contributed by atoms with van der Waals surface area (Å²) in [6, 6.07) is 16.0. The maximum atomic E-state index is 13.5. The van der Waals surface area contributed by atoms with Gasteiger partial charge in [-0.3, -0.25) is 9.29 Å². The van der Waals surface area contributed by atoms with Crippen molar-refractivity contribution >= 4 is 27.3 Å². The summed E-state index contributed by atoms with van der Waals surface area (Å²) in [7, 11) is -2.49. The van der Waals surface area contributed by atoms with Gasteiger partial charge in [-0.25, -0.2) is 8.42 Å². The molecule has 1 heterocycles. The molecule has 0 bridgehead atoms. The quantitative estimate of drug-likeness (QED) is 0.589. The van der Waals surface area contributed by atoms with Gasteiger partial charge in [0, 0.05) is 11.1 Å². The third-order valence-electron chi connectivity index (χ3n) is 4.42. The molecule has 6 nitrogen and oxygen atoms in total. The lowest BCUT2D eigenvalue weighted by Gasteiger charge is -2.32. The summed E-state index contributed by atoms with van der Waals surface area (Å²) in [6.45, 7) is -0.383. The van der Waals surface area contributed by atoms with E-state index in [2.05, 4.69) is 4.98 Å². The number of sulfonamides is 1. The molecule has 3 aromatic rings. The summed E-state index contributed by atoms with van der Waals surface area (Å²) in [5.41, 5.74) is 1.15. The van der Waals surface area contributed by atoms with Crippen molar-refractivity contribution in [2.75, 3.05) is 18.0 Å². The molecular formula is C21H21ClN2O4S. The molecule has 2 aromatic carbocycles. The van der Waals surface area contributed by atoms with Gasteiger partial charge >= 0.3 is 0 Å². The first-order chi connectivity index (χ1) is 14.0. The second-order valence-corrected chi connectivity index (χ2v) is 8.62. The lowest BCUT2D eigenvalue weighted by atomic mass is 10.1. The largest absolute Gasteiger partial charge is 0.495 e. The van der Waals surface area contributed by atoms with Crippen LogP contribution in [0.3, 0.4) is 0 Å². The monoisotopic (exact) mass is 432 g/mol. The highest BCUT2D eigenvalue weighted by Crippen LogP contribution is 2.29. The third kappa shape index (κ3) is 4.87. The van der Waals surface area contributed by atoms with Gasteiger partial charge in [0.15, 0.2) is 0 Å². The minimum atomic E-state index is -3.97. The van der Waals surface area contributed by atoms with Crippen LogP contribution in [0.4, 0.5) is 5.69 Å². The SMILES string of the molecule is COc1cncc(N(C(CO)Cc2ccc(Cl)cc2)S(=O)(=O)c2ccccc2)c1. The third-order valence-corrected chi connectivity index (χ3v) is 6.56. The fourth-order valence-electron chi connectivity index (χ4n) is 3.01. The smallest absolute Gasteiger partial charge is 0.264 e. The van der Waals surface area contributed by atoms with Crippen molar-refractivity contribution in [1.29, 1.82) is 0 Å². The molecule has 1 aromatic heterocycles. The Hall–Kier alpha value is -2.61. The van der Waals surface area contributed by atoms with Crippen LogP contribution in [-0.2, 0) is 16.4 Å². The van der Waals surface area contributed by atoms with Crippen LogP contribution in [-0.4, -0.2) is 38.3 Å². The van der Waals surface area contributed by atoms with Crippen molar-refractivity contribution in [2.45, 2.75) is 17.4 Å². The maximum absolute atomic E-state index is 13.5. The average Bonchev–Trinajstić information content (AvgIpc) is 2.75. The number of benzene rings is 2. The topological polar surface area (TPSA) is 79.7 Å². The van der Waals surface area contributed by atoms with E-state index < -0.39 is 16.1 Å². The number of methoxy groups -OCH3 is 1. The molecule has 8 heteroatoms. The molecule has 0 fully saturated rings. The number of anilines is 1. The van der Waals surface area contributed by atoms with E-state index in [0.717, 1.165) is 5.56 Å². The van der Waals surface area contributed by atoms with Crippen molar-refractivity contribution in [3.8, 4) is 5.75 Å².